The summed E-state index contributed by atoms with van der Waals surface area (Å²) in [5.74, 6) is 0. The van der Waals surface area contributed by atoms with E-state index >= 15 is 0 Å². The zero-order valence-corrected chi connectivity index (χ0v) is 21.1. The van der Waals surface area contributed by atoms with Crippen LogP contribution >= 0.6 is 0 Å². The molecule has 0 aliphatic heterocycles. The third kappa shape index (κ3) is 6.09. The van der Waals surface area contributed by atoms with Crippen LogP contribution in [0.25, 0.3) is 0 Å². The van der Waals surface area contributed by atoms with Crippen LogP contribution < -0.4 is 15.7 Å². The van der Waals surface area contributed by atoms with Crippen molar-refractivity contribution in [3.8, 4) is 0 Å². The van der Waals surface area contributed by atoms with Gasteiger partial charge in [-0.3, -0.25) is 4.79 Å². The van der Waals surface area contributed by atoms with Gasteiger partial charge in [-0.05, 0) is 34.3 Å². The van der Waals surface area contributed by atoms with Crippen LogP contribution in [0.5, 0.6) is 0 Å². The Bertz CT molecular complexity index is 988. The van der Waals surface area contributed by atoms with Gasteiger partial charge in [0.05, 0.1) is 12.6 Å². The van der Waals surface area contributed by atoms with Gasteiger partial charge in [0.15, 0.2) is 0 Å². The van der Waals surface area contributed by atoms with E-state index in [-0.39, 0.29) is 11.1 Å². The Labute approximate surface area is 199 Å². The van der Waals surface area contributed by atoms with Crippen LogP contribution in [-0.2, 0) is 15.6 Å². The summed E-state index contributed by atoms with van der Waals surface area (Å²) in [4.78, 5) is 11.2. The first-order valence-electron chi connectivity index (χ1n) is 11.5. The molecule has 3 nitrogen and oxygen atoms in total. The topological polar surface area (TPSA) is 38.3 Å². The fourth-order valence-corrected chi connectivity index (χ4v) is 9.10. The second-order valence-electron chi connectivity index (χ2n) is 9.55. The fourth-order valence-electron chi connectivity index (χ4n) is 4.50. The monoisotopic (exact) mass is 457 g/mol. The molecule has 172 valence electrons. The minimum atomic E-state index is -2.59. The van der Waals surface area contributed by atoms with Gasteiger partial charge in [-0.2, -0.15) is 0 Å². The maximum absolute atomic E-state index is 11.2. The Hall–Kier alpha value is -2.95. The highest BCUT2D eigenvalue weighted by molar-refractivity contribution is 6.99. The van der Waals surface area contributed by atoms with Gasteiger partial charge in [0.2, 0.25) is 6.41 Å². The van der Waals surface area contributed by atoms with Crippen LogP contribution in [0.4, 0.5) is 0 Å². The molecule has 0 unspecified atom stereocenters. The molecule has 0 radical (unpaired) electrons. The van der Waals surface area contributed by atoms with Crippen LogP contribution in [0.15, 0.2) is 103 Å². The summed E-state index contributed by atoms with van der Waals surface area (Å²) in [6, 6.07) is 31.5. The summed E-state index contributed by atoms with van der Waals surface area (Å²) in [6.07, 6.45) is 3.65. The minimum Gasteiger partial charge on any atom is -0.403 e. The second-order valence-corrected chi connectivity index (χ2v) is 13.9. The molecule has 1 N–H and O–H groups in total. The average Bonchev–Trinajstić information content (AvgIpc) is 2.81. The van der Waals surface area contributed by atoms with Gasteiger partial charge in [0, 0.05) is 0 Å². The SMILES string of the molecule is C/C(=C\[C@H](Cc1ccccc1)NC=O)CO[Si](c1ccccc1)(c1ccccc1)C(C)(C)C. The van der Waals surface area contributed by atoms with Crippen molar-refractivity contribution in [1.82, 2.24) is 5.32 Å². The van der Waals surface area contributed by atoms with Gasteiger partial charge >= 0.3 is 0 Å². The Morgan fingerprint density at radius 3 is 1.82 bits per heavy atom. The number of hydrogen-bond donors (Lipinski definition) is 1. The van der Waals surface area contributed by atoms with Crippen LogP contribution in [0.2, 0.25) is 5.04 Å². The highest BCUT2D eigenvalue weighted by Gasteiger charge is 2.50. The second kappa shape index (κ2) is 11.3. The molecule has 0 aliphatic carbocycles. The van der Waals surface area contributed by atoms with Crippen molar-refractivity contribution in [1.29, 1.82) is 0 Å². The van der Waals surface area contributed by atoms with Crippen LogP contribution in [-0.4, -0.2) is 27.4 Å². The molecule has 1 atom stereocenters. The lowest BCUT2D eigenvalue weighted by molar-refractivity contribution is -0.109. The summed E-state index contributed by atoms with van der Waals surface area (Å²) in [7, 11) is -2.59. The zero-order chi connectivity index (χ0) is 23.7. The summed E-state index contributed by atoms with van der Waals surface area (Å²) in [5.41, 5.74) is 2.30. The lowest BCUT2D eigenvalue weighted by Crippen LogP contribution is -2.66. The van der Waals surface area contributed by atoms with E-state index in [1.807, 2.05) is 18.2 Å². The molecule has 0 saturated carbocycles. The molecule has 0 fully saturated rings. The molecular weight excluding hydrogens is 422 g/mol. The lowest BCUT2D eigenvalue weighted by atomic mass is 10.0. The quantitative estimate of drug-likeness (QED) is 0.268. The highest BCUT2D eigenvalue weighted by Crippen LogP contribution is 2.37. The van der Waals surface area contributed by atoms with Crippen molar-refractivity contribution < 1.29 is 9.22 Å². The van der Waals surface area contributed by atoms with E-state index in [1.165, 1.54) is 15.9 Å². The third-order valence-corrected chi connectivity index (χ3v) is 11.0. The molecule has 0 saturated heterocycles. The number of hydrogen-bond acceptors (Lipinski definition) is 2. The van der Waals surface area contributed by atoms with Crippen LogP contribution in [0, 0.1) is 0 Å². The van der Waals surface area contributed by atoms with Gasteiger partial charge in [-0.15, -0.1) is 0 Å². The molecular formula is C29H35NO2Si. The number of carbonyl (C=O) groups excluding carboxylic acids is 1. The highest BCUT2D eigenvalue weighted by atomic mass is 28.4. The summed E-state index contributed by atoms with van der Waals surface area (Å²) in [6.45, 7) is 9.45. The summed E-state index contributed by atoms with van der Waals surface area (Å²) < 4.78 is 7.01. The summed E-state index contributed by atoms with van der Waals surface area (Å²) >= 11 is 0. The molecule has 3 aromatic carbocycles. The number of benzene rings is 3. The van der Waals surface area contributed by atoms with Crippen molar-refractivity contribution in [3.63, 3.8) is 0 Å². The van der Waals surface area contributed by atoms with Gasteiger partial charge in [-0.25, -0.2) is 0 Å². The van der Waals surface area contributed by atoms with Crippen molar-refractivity contribution in [2.75, 3.05) is 6.61 Å². The van der Waals surface area contributed by atoms with E-state index < -0.39 is 8.32 Å². The molecule has 0 aliphatic rings. The molecule has 4 heteroatoms. The number of amides is 1. The maximum atomic E-state index is 11.2. The Morgan fingerprint density at radius 2 is 1.36 bits per heavy atom. The van der Waals surface area contributed by atoms with E-state index in [2.05, 4.69) is 112 Å². The number of carbonyl (C=O) groups is 1. The first-order chi connectivity index (χ1) is 15.9. The zero-order valence-electron chi connectivity index (χ0n) is 20.1. The lowest BCUT2D eigenvalue weighted by Gasteiger charge is -2.43. The van der Waals surface area contributed by atoms with E-state index in [9.17, 15) is 4.79 Å². The minimum absolute atomic E-state index is 0.0690. The Morgan fingerprint density at radius 1 is 0.879 bits per heavy atom. The molecule has 1 amide bonds. The maximum Gasteiger partial charge on any atom is 0.261 e. The molecule has 3 rings (SSSR count). The first-order valence-corrected chi connectivity index (χ1v) is 13.4. The van der Waals surface area contributed by atoms with Crippen molar-refractivity contribution in [3.05, 3.63) is 108 Å². The van der Waals surface area contributed by atoms with Gasteiger partial charge < -0.3 is 9.74 Å². The van der Waals surface area contributed by atoms with E-state index in [1.54, 1.807) is 0 Å². The number of nitrogens with one attached hydrogen (secondary N) is 1. The molecule has 33 heavy (non-hydrogen) atoms. The molecule has 3 aromatic rings. The standard InChI is InChI=1S/C29H35NO2Si/c1-24(20-26(30-23-31)21-25-14-8-5-9-15-25)22-32-33(29(2,3)4,27-16-10-6-11-17-27)28-18-12-7-13-19-28/h5-20,23,26H,21-22H2,1-4H3,(H,30,31)/b24-20+/t26-/m1/s1. The van der Waals surface area contributed by atoms with E-state index in [4.69, 9.17) is 4.43 Å². The Balaban J connectivity index is 1.92. The van der Waals surface area contributed by atoms with Gasteiger partial charge in [0.25, 0.3) is 8.32 Å². The van der Waals surface area contributed by atoms with Crippen LogP contribution in [0.1, 0.15) is 33.3 Å². The Kier molecular flexibility index (Phi) is 8.42. The fraction of sp³-hybridized carbons (Fsp3) is 0.276. The molecule has 0 heterocycles. The van der Waals surface area contributed by atoms with Gasteiger partial charge in [0.1, 0.15) is 0 Å². The third-order valence-electron chi connectivity index (χ3n) is 6.00. The predicted molar refractivity (Wildman–Crippen MR) is 140 cm³/mol. The predicted octanol–water partition coefficient (Wildman–Crippen LogP) is 4.87. The molecule has 0 aromatic heterocycles. The van der Waals surface area contributed by atoms with Crippen molar-refractivity contribution >= 4 is 25.1 Å². The normalized spacial score (nSPS) is 13.4. The smallest absolute Gasteiger partial charge is 0.261 e. The van der Waals surface area contributed by atoms with Crippen molar-refractivity contribution in [2.24, 2.45) is 0 Å². The number of rotatable bonds is 10. The van der Waals surface area contributed by atoms with Crippen LogP contribution in [0.3, 0.4) is 0 Å². The summed E-state index contributed by atoms with van der Waals surface area (Å²) in [5, 5.41) is 5.42. The molecule has 0 bridgehead atoms. The average molecular weight is 458 g/mol. The van der Waals surface area contributed by atoms with E-state index in [0.29, 0.717) is 6.61 Å². The van der Waals surface area contributed by atoms with Crippen molar-refractivity contribution in [2.45, 2.75) is 45.2 Å². The van der Waals surface area contributed by atoms with E-state index in [0.717, 1.165) is 18.4 Å². The molecule has 0 spiro atoms. The largest absolute Gasteiger partial charge is 0.403 e. The first kappa shape index (κ1) is 24.7. The van der Waals surface area contributed by atoms with Gasteiger partial charge in [-0.1, -0.05) is 123 Å².